The zero-order valence-corrected chi connectivity index (χ0v) is 17.9. The quantitative estimate of drug-likeness (QED) is 0.473. The summed E-state index contributed by atoms with van der Waals surface area (Å²) >= 11 is 0. The van der Waals surface area contributed by atoms with Crippen LogP contribution in [0.15, 0.2) is 54.9 Å². The molecule has 0 spiro atoms. The number of hydrogen-bond acceptors (Lipinski definition) is 3. The second kappa shape index (κ2) is 11.3. The molecule has 2 rings (SSSR count). The van der Waals surface area contributed by atoms with Crippen LogP contribution in [0.25, 0.3) is 0 Å². The van der Waals surface area contributed by atoms with E-state index in [9.17, 15) is 9.59 Å². The third-order valence-electron chi connectivity index (χ3n) is 5.40. The summed E-state index contributed by atoms with van der Waals surface area (Å²) in [6, 6.07) is 13.6. The number of Topliss-reactive ketones (excluding diaryl/α,β-unsaturated/α-hetero) is 1. The van der Waals surface area contributed by atoms with E-state index in [4.69, 9.17) is 4.74 Å². The third-order valence-corrected chi connectivity index (χ3v) is 5.40. The van der Waals surface area contributed by atoms with Crippen molar-refractivity contribution in [2.45, 2.75) is 59.7 Å². The van der Waals surface area contributed by atoms with Crippen LogP contribution in [-0.4, -0.2) is 17.9 Å². The zero-order valence-electron chi connectivity index (χ0n) is 17.9. The number of nitrogens with zero attached hydrogens (tertiary/aromatic N) is 1. The Hall–Kier alpha value is -2.69. The van der Waals surface area contributed by atoms with Crippen LogP contribution in [0.3, 0.4) is 0 Å². The smallest absolute Gasteiger partial charge is 0.388 e. The standard InChI is InChI=1S/C24H32N2O3/c1-5-18(2)19(3)14-23(27)22-12-9-13-26(16-22)17-29-24(28)25-20(4)15-21-10-7-6-8-11-21/h6-13,16,18-20H,5,14-15,17H2,1-4H3/p+1/t18-,19-,20-/m0/s1. The Balaban J connectivity index is 1.83. The van der Waals surface area contributed by atoms with Gasteiger partial charge >= 0.3 is 6.09 Å². The van der Waals surface area contributed by atoms with Gasteiger partial charge in [0.05, 0.1) is 5.56 Å². The minimum Gasteiger partial charge on any atom is -0.388 e. The Morgan fingerprint density at radius 3 is 2.45 bits per heavy atom. The number of aromatic nitrogens is 1. The summed E-state index contributed by atoms with van der Waals surface area (Å²) in [7, 11) is 0. The molecule has 1 heterocycles. The highest BCUT2D eigenvalue weighted by Gasteiger charge is 2.18. The maximum atomic E-state index is 12.6. The minimum atomic E-state index is -0.469. The van der Waals surface area contributed by atoms with Crippen LogP contribution in [0, 0.1) is 11.8 Å². The number of alkyl carbamates (subject to hydrolysis) is 1. The molecule has 156 valence electrons. The predicted octanol–water partition coefficient (Wildman–Crippen LogP) is 4.54. The van der Waals surface area contributed by atoms with E-state index in [2.05, 4.69) is 26.1 Å². The monoisotopic (exact) mass is 397 g/mol. The topological polar surface area (TPSA) is 59.3 Å². The van der Waals surface area contributed by atoms with Crippen molar-refractivity contribution in [1.29, 1.82) is 0 Å². The molecule has 0 saturated carbocycles. The van der Waals surface area contributed by atoms with Crippen LogP contribution in [0.5, 0.6) is 0 Å². The first-order valence-electron chi connectivity index (χ1n) is 10.4. The second-order valence-electron chi connectivity index (χ2n) is 7.89. The van der Waals surface area contributed by atoms with Crippen molar-refractivity contribution in [2.24, 2.45) is 11.8 Å². The van der Waals surface area contributed by atoms with E-state index in [1.807, 2.05) is 43.3 Å². The Bertz CT molecular complexity index is 792. The van der Waals surface area contributed by atoms with Crippen molar-refractivity contribution in [3.8, 4) is 0 Å². The molecule has 5 heteroatoms. The summed E-state index contributed by atoms with van der Waals surface area (Å²) in [4.78, 5) is 24.6. The Morgan fingerprint density at radius 1 is 1.03 bits per heavy atom. The molecular formula is C24H33N2O3+. The molecule has 0 bridgehead atoms. The molecule has 29 heavy (non-hydrogen) atoms. The van der Waals surface area contributed by atoms with Crippen molar-refractivity contribution < 1.29 is 18.9 Å². The average Bonchev–Trinajstić information content (AvgIpc) is 2.72. The van der Waals surface area contributed by atoms with Crippen molar-refractivity contribution in [3.63, 3.8) is 0 Å². The van der Waals surface area contributed by atoms with Crippen molar-refractivity contribution in [1.82, 2.24) is 5.32 Å². The number of benzene rings is 1. The van der Waals surface area contributed by atoms with Gasteiger partial charge in [0.2, 0.25) is 0 Å². The fourth-order valence-corrected chi connectivity index (χ4v) is 3.18. The SMILES string of the molecule is CC[C@H](C)[C@@H](C)CC(=O)c1ccc[n+](COC(=O)N[C@@H](C)Cc2ccccc2)c1. The Morgan fingerprint density at radius 2 is 1.76 bits per heavy atom. The fourth-order valence-electron chi connectivity index (χ4n) is 3.18. The second-order valence-corrected chi connectivity index (χ2v) is 7.89. The molecular weight excluding hydrogens is 364 g/mol. The van der Waals surface area contributed by atoms with Crippen LogP contribution in [0.1, 0.15) is 56.5 Å². The number of pyridine rings is 1. The van der Waals surface area contributed by atoms with Crippen molar-refractivity contribution >= 4 is 11.9 Å². The molecule has 1 N–H and O–H groups in total. The molecule has 0 saturated heterocycles. The van der Waals surface area contributed by atoms with Gasteiger partial charge in [0.15, 0.2) is 18.2 Å². The number of nitrogens with one attached hydrogen (secondary N) is 1. The lowest BCUT2D eigenvalue weighted by Gasteiger charge is -2.16. The van der Waals surface area contributed by atoms with E-state index in [-0.39, 0.29) is 18.6 Å². The molecule has 0 radical (unpaired) electrons. The van der Waals surface area contributed by atoms with Gasteiger partial charge in [0.1, 0.15) is 0 Å². The van der Waals surface area contributed by atoms with Crippen molar-refractivity contribution in [2.75, 3.05) is 0 Å². The van der Waals surface area contributed by atoms with E-state index in [0.717, 1.165) is 18.4 Å². The first-order chi connectivity index (χ1) is 13.9. The van der Waals surface area contributed by atoms with Crippen LogP contribution in [0.4, 0.5) is 4.79 Å². The first-order valence-corrected chi connectivity index (χ1v) is 10.4. The number of hydrogen-bond donors (Lipinski definition) is 1. The van der Waals surface area contributed by atoms with Gasteiger partial charge in [-0.2, -0.15) is 4.57 Å². The van der Waals surface area contributed by atoms with E-state index in [1.165, 1.54) is 0 Å². The van der Waals surface area contributed by atoms with Crippen LogP contribution < -0.4 is 9.88 Å². The molecule has 0 aliphatic rings. The maximum Gasteiger partial charge on any atom is 0.412 e. The zero-order chi connectivity index (χ0) is 21.2. The third kappa shape index (κ3) is 7.68. The Kier molecular flexibility index (Phi) is 8.84. The molecule has 1 aromatic carbocycles. The average molecular weight is 398 g/mol. The van der Waals surface area contributed by atoms with Gasteiger partial charge in [0.25, 0.3) is 6.73 Å². The fraction of sp³-hybridized carbons (Fsp3) is 0.458. The van der Waals surface area contributed by atoms with Gasteiger partial charge in [-0.15, -0.1) is 0 Å². The molecule has 3 atom stereocenters. The Labute approximate surface area is 174 Å². The van der Waals surface area contributed by atoms with E-state index < -0.39 is 6.09 Å². The van der Waals surface area contributed by atoms with Gasteiger partial charge in [-0.3, -0.25) is 4.79 Å². The summed E-state index contributed by atoms with van der Waals surface area (Å²) < 4.78 is 7.02. The van der Waals surface area contributed by atoms with Crippen LogP contribution >= 0.6 is 0 Å². The normalized spacial score (nSPS) is 13.9. The molecule has 5 nitrogen and oxygen atoms in total. The lowest BCUT2D eigenvalue weighted by molar-refractivity contribution is -0.727. The number of carbonyl (C=O) groups is 2. The van der Waals surface area contributed by atoms with E-state index >= 15 is 0 Å². The molecule has 0 aliphatic heterocycles. The first kappa shape index (κ1) is 22.6. The van der Waals surface area contributed by atoms with Gasteiger partial charge in [-0.1, -0.05) is 57.5 Å². The number of rotatable bonds is 10. The summed E-state index contributed by atoms with van der Waals surface area (Å²) in [5, 5.41) is 2.84. The highest BCUT2D eigenvalue weighted by atomic mass is 16.6. The lowest BCUT2D eigenvalue weighted by atomic mass is 9.88. The van der Waals surface area contributed by atoms with E-state index in [0.29, 0.717) is 23.8 Å². The molecule has 0 unspecified atom stereocenters. The largest absolute Gasteiger partial charge is 0.412 e. The van der Waals surface area contributed by atoms with E-state index in [1.54, 1.807) is 23.0 Å². The number of ketones is 1. The predicted molar refractivity (Wildman–Crippen MR) is 113 cm³/mol. The van der Waals surface area contributed by atoms with Crippen LogP contribution in [0.2, 0.25) is 0 Å². The molecule has 0 fully saturated rings. The van der Waals surface area contributed by atoms with Crippen LogP contribution in [-0.2, 0) is 17.9 Å². The highest BCUT2D eigenvalue weighted by Crippen LogP contribution is 2.20. The molecule has 0 aliphatic carbocycles. The maximum absolute atomic E-state index is 12.6. The highest BCUT2D eigenvalue weighted by molar-refractivity contribution is 5.95. The van der Waals surface area contributed by atoms with Crippen molar-refractivity contribution in [3.05, 3.63) is 66.0 Å². The number of carbonyl (C=O) groups excluding carboxylic acids is 2. The summed E-state index contributed by atoms with van der Waals surface area (Å²) in [6.45, 7) is 8.44. The summed E-state index contributed by atoms with van der Waals surface area (Å²) in [5.41, 5.74) is 1.80. The van der Waals surface area contributed by atoms with Gasteiger partial charge in [0, 0.05) is 18.5 Å². The summed E-state index contributed by atoms with van der Waals surface area (Å²) in [6.07, 6.45) is 5.39. The van der Waals surface area contributed by atoms with Gasteiger partial charge in [-0.05, 0) is 36.8 Å². The molecule has 1 amide bonds. The lowest BCUT2D eigenvalue weighted by Crippen LogP contribution is -2.41. The summed E-state index contributed by atoms with van der Waals surface area (Å²) in [5.74, 6) is 0.974. The molecule has 2 aromatic rings. The number of ether oxygens (including phenoxy) is 1. The van der Waals surface area contributed by atoms with Gasteiger partial charge in [-0.25, -0.2) is 4.79 Å². The van der Waals surface area contributed by atoms with Gasteiger partial charge < -0.3 is 10.1 Å². The molecule has 1 aromatic heterocycles. The minimum absolute atomic E-state index is 0.0372. The number of amides is 1.